The molecule has 3 aliphatic rings. The molecule has 6 nitrogen and oxygen atoms in total. The van der Waals surface area contributed by atoms with Crippen LogP contribution in [0.4, 0.5) is 0 Å². The normalized spacial score (nSPS) is 31.5. The smallest absolute Gasteiger partial charge is 0.127 e. The zero-order valence-electron chi connectivity index (χ0n) is 18.6. The van der Waals surface area contributed by atoms with E-state index in [-0.39, 0.29) is 12.2 Å². The third-order valence-corrected chi connectivity index (χ3v) is 6.80. The van der Waals surface area contributed by atoms with Crippen molar-refractivity contribution in [2.45, 2.75) is 50.7 Å². The van der Waals surface area contributed by atoms with Gasteiger partial charge < -0.3 is 29.5 Å². The molecule has 0 aromatic heterocycles. The molecular weight excluding hydrogens is 380 g/mol. The average molecular weight is 425 g/mol. The number of rotatable bonds is 12. The number of quaternary nitrogens is 2. The van der Waals surface area contributed by atoms with Gasteiger partial charge in [-0.2, -0.15) is 0 Å². The van der Waals surface area contributed by atoms with Gasteiger partial charge in [-0.25, -0.2) is 0 Å². The van der Waals surface area contributed by atoms with Crippen LogP contribution in [0, 0.1) is 11.8 Å². The summed E-state index contributed by atoms with van der Waals surface area (Å²) >= 11 is 0. The molecule has 3 rings (SSSR count). The average Bonchev–Trinajstić information content (AvgIpc) is 2.77. The maximum Gasteiger partial charge on any atom is 0.127 e. The van der Waals surface area contributed by atoms with Gasteiger partial charge in [-0.1, -0.05) is 24.3 Å². The highest BCUT2D eigenvalue weighted by atomic mass is 16.5. The van der Waals surface area contributed by atoms with E-state index in [0.717, 1.165) is 78.2 Å². The summed E-state index contributed by atoms with van der Waals surface area (Å²) < 4.78 is 11.6. The summed E-state index contributed by atoms with van der Waals surface area (Å²) in [5.74, 6) is 1.24. The highest BCUT2D eigenvalue weighted by Gasteiger charge is 2.27. The molecule has 1 saturated heterocycles. The molecule has 0 bridgehead atoms. The molecule has 1 fully saturated rings. The molecule has 0 unspecified atom stereocenters. The second-order valence-electron chi connectivity index (χ2n) is 9.59. The van der Waals surface area contributed by atoms with Gasteiger partial charge in [0.15, 0.2) is 0 Å². The molecule has 172 valence electrons. The standard InChI is InChI=1S/C24H42N2O4/c27-23(19-29-17-21-7-3-1-4-8-21)15-25-11-13-26(14-12-25)16-24(28)20-30-18-22-9-5-2-6-10-22/h1-3,5,21-24,27-28H,4,6-20H2/p+2/t21-,22-,23-,24+/m0/s1. The van der Waals surface area contributed by atoms with Crippen LogP contribution in [0.25, 0.3) is 0 Å². The van der Waals surface area contributed by atoms with E-state index in [1.807, 2.05) is 0 Å². The second kappa shape index (κ2) is 13.6. The van der Waals surface area contributed by atoms with Gasteiger partial charge in [-0.05, 0) is 50.4 Å². The van der Waals surface area contributed by atoms with Crippen molar-refractivity contribution in [2.24, 2.45) is 11.8 Å². The van der Waals surface area contributed by atoms with Crippen LogP contribution in [0.2, 0.25) is 0 Å². The van der Waals surface area contributed by atoms with Crippen LogP contribution in [-0.2, 0) is 9.47 Å². The summed E-state index contributed by atoms with van der Waals surface area (Å²) in [5.41, 5.74) is 0. The number of ether oxygens (including phenoxy) is 2. The van der Waals surface area contributed by atoms with Gasteiger partial charge in [0, 0.05) is 13.2 Å². The topological polar surface area (TPSA) is 67.8 Å². The molecule has 30 heavy (non-hydrogen) atoms. The first-order valence-electron chi connectivity index (χ1n) is 12.2. The van der Waals surface area contributed by atoms with Crippen LogP contribution in [0.1, 0.15) is 38.5 Å². The molecule has 4 N–H and O–H groups in total. The molecular formula is C24H44N2O4+2. The Morgan fingerprint density at radius 1 is 0.700 bits per heavy atom. The number of hydrogen-bond donors (Lipinski definition) is 4. The molecule has 0 aromatic rings. The molecule has 0 radical (unpaired) electrons. The quantitative estimate of drug-likeness (QED) is 0.311. The van der Waals surface area contributed by atoms with Crippen molar-refractivity contribution in [2.75, 3.05) is 65.7 Å². The highest BCUT2D eigenvalue weighted by Crippen LogP contribution is 2.18. The fourth-order valence-corrected chi connectivity index (χ4v) is 4.91. The van der Waals surface area contributed by atoms with Crippen molar-refractivity contribution in [1.29, 1.82) is 0 Å². The van der Waals surface area contributed by atoms with Gasteiger partial charge in [0.25, 0.3) is 0 Å². The summed E-state index contributed by atoms with van der Waals surface area (Å²) in [7, 11) is 0. The predicted molar refractivity (Wildman–Crippen MR) is 118 cm³/mol. The molecule has 1 aliphatic heterocycles. The van der Waals surface area contributed by atoms with Crippen molar-refractivity contribution in [3.05, 3.63) is 24.3 Å². The minimum Gasteiger partial charge on any atom is -0.385 e. The first kappa shape index (κ1) is 23.9. The molecule has 0 saturated carbocycles. The summed E-state index contributed by atoms with van der Waals surface area (Å²) in [6, 6.07) is 0. The first-order chi connectivity index (χ1) is 14.7. The van der Waals surface area contributed by atoms with Crippen LogP contribution < -0.4 is 9.80 Å². The van der Waals surface area contributed by atoms with Gasteiger partial charge in [0.2, 0.25) is 0 Å². The molecule has 4 atom stereocenters. The Balaban J connectivity index is 1.20. The van der Waals surface area contributed by atoms with Crippen LogP contribution in [-0.4, -0.2) is 88.1 Å². The highest BCUT2D eigenvalue weighted by molar-refractivity contribution is 4.90. The zero-order chi connectivity index (χ0) is 21.0. The minimum absolute atomic E-state index is 0.380. The van der Waals surface area contributed by atoms with Crippen LogP contribution >= 0.6 is 0 Å². The lowest BCUT2D eigenvalue weighted by molar-refractivity contribution is -1.01. The van der Waals surface area contributed by atoms with Gasteiger partial charge in [0.1, 0.15) is 51.5 Å². The Hall–Kier alpha value is -0.760. The third kappa shape index (κ3) is 9.16. The molecule has 2 aliphatic carbocycles. The molecule has 0 amide bonds. The fraction of sp³-hybridized carbons (Fsp3) is 0.833. The molecule has 0 aromatic carbocycles. The number of nitrogens with one attached hydrogen (secondary N) is 2. The predicted octanol–water partition coefficient (Wildman–Crippen LogP) is -0.763. The number of aliphatic hydroxyl groups is 2. The fourth-order valence-electron chi connectivity index (χ4n) is 4.91. The summed E-state index contributed by atoms with van der Waals surface area (Å²) in [6.07, 6.45) is 15.2. The van der Waals surface area contributed by atoms with Crippen LogP contribution in [0.3, 0.4) is 0 Å². The maximum absolute atomic E-state index is 10.3. The van der Waals surface area contributed by atoms with E-state index in [4.69, 9.17) is 9.47 Å². The minimum atomic E-state index is -0.380. The molecule has 1 heterocycles. The van der Waals surface area contributed by atoms with E-state index < -0.39 is 0 Å². The van der Waals surface area contributed by atoms with Crippen molar-refractivity contribution in [3.8, 4) is 0 Å². The lowest BCUT2D eigenvalue weighted by Crippen LogP contribution is -3.28. The Kier molecular flexibility index (Phi) is 10.8. The van der Waals surface area contributed by atoms with Gasteiger partial charge in [0.05, 0.1) is 13.2 Å². The van der Waals surface area contributed by atoms with E-state index in [2.05, 4.69) is 24.3 Å². The molecule has 6 heteroatoms. The number of allylic oxidation sites excluding steroid dienone is 4. The van der Waals surface area contributed by atoms with E-state index in [1.54, 1.807) is 0 Å². The molecule has 0 spiro atoms. The van der Waals surface area contributed by atoms with Crippen LogP contribution in [0.15, 0.2) is 24.3 Å². The Bertz CT molecular complexity index is 473. The van der Waals surface area contributed by atoms with Crippen molar-refractivity contribution < 1.29 is 29.5 Å². The van der Waals surface area contributed by atoms with E-state index >= 15 is 0 Å². The largest absolute Gasteiger partial charge is 0.385 e. The van der Waals surface area contributed by atoms with E-state index in [1.165, 1.54) is 22.6 Å². The zero-order valence-corrected chi connectivity index (χ0v) is 18.6. The lowest BCUT2D eigenvalue weighted by Gasteiger charge is -2.31. The Morgan fingerprint density at radius 2 is 1.13 bits per heavy atom. The lowest BCUT2D eigenvalue weighted by atomic mass is 9.95. The summed E-state index contributed by atoms with van der Waals surface area (Å²) in [6.45, 7) is 8.14. The van der Waals surface area contributed by atoms with Crippen molar-refractivity contribution in [3.63, 3.8) is 0 Å². The Morgan fingerprint density at radius 3 is 1.50 bits per heavy atom. The number of hydrogen-bond acceptors (Lipinski definition) is 4. The van der Waals surface area contributed by atoms with Crippen molar-refractivity contribution in [1.82, 2.24) is 0 Å². The maximum atomic E-state index is 10.3. The SMILES string of the molecule is O[C@H](COC[C@H]1CC=CCC1)C[NH+]1CC[NH+](C[C@@H](O)COC[C@H]2CC=CCC2)CC1. The number of piperazine rings is 1. The second-order valence-corrected chi connectivity index (χ2v) is 9.59. The first-order valence-corrected chi connectivity index (χ1v) is 12.2. The number of aliphatic hydroxyl groups excluding tert-OH is 2. The third-order valence-electron chi connectivity index (χ3n) is 6.80. The summed E-state index contributed by atoms with van der Waals surface area (Å²) in [4.78, 5) is 2.90. The van der Waals surface area contributed by atoms with Crippen molar-refractivity contribution >= 4 is 0 Å². The van der Waals surface area contributed by atoms with Gasteiger partial charge in [-0.15, -0.1) is 0 Å². The summed E-state index contributed by atoms with van der Waals surface area (Å²) in [5, 5.41) is 20.6. The van der Waals surface area contributed by atoms with Crippen LogP contribution in [0.5, 0.6) is 0 Å². The van der Waals surface area contributed by atoms with E-state index in [0.29, 0.717) is 25.0 Å². The monoisotopic (exact) mass is 424 g/mol. The Labute approximate surface area is 182 Å². The van der Waals surface area contributed by atoms with Gasteiger partial charge in [-0.3, -0.25) is 0 Å². The van der Waals surface area contributed by atoms with Gasteiger partial charge >= 0.3 is 0 Å². The van der Waals surface area contributed by atoms with E-state index in [9.17, 15) is 10.2 Å².